The number of ether oxygens (including phenoxy) is 2. The third kappa shape index (κ3) is 4.42. The van der Waals surface area contributed by atoms with E-state index < -0.39 is 37.4 Å². The molecule has 3 aromatic heterocycles. The summed E-state index contributed by atoms with van der Waals surface area (Å²) in [4.78, 5) is 29.8. The number of carbonyl (C=O) groups excluding carboxylic acids is 1. The highest BCUT2D eigenvalue weighted by Crippen LogP contribution is 2.34. The first-order valence-corrected chi connectivity index (χ1v) is 10.8. The molecule has 1 fully saturated rings. The zero-order valence-corrected chi connectivity index (χ0v) is 18.7. The van der Waals surface area contributed by atoms with E-state index in [4.69, 9.17) is 25.2 Å². The van der Waals surface area contributed by atoms with Crippen LogP contribution < -0.4 is 10.1 Å². The van der Waals surface area contributed by atoms with Gasteiger partial charge in [-0.25, -0.2) is 9.97 Å². The van der Waals surface area contributed by atoms with Crippen LogP contribution in [-0.2, 0) is 16.1 Å². The van der Waals surface area contributed by atoms with Gasteiger partial charge in [0.15, 0.2) is 29.3 Å². The van der Waals surface area contributed by atoms with E-state index in [1.165, 1.54) is 23.3 Å². The van der Waals surface area contributed by atoms with Crippen molar-refractivity contribution in [3.05, 3.63) is 65.7 Å². The molecule has 0 spiro atoms. The van der Waals surface area contributed by atoms with Gasteiger partial charge in [-0.15, -0.1) is 0 Å². The van der Waals surface area contributed by atoms with Crippen LogP contribution in [-0.4, -0.2) is 65.9 Å². The fourth-order valence-electron chi connectivity index (χ4n) is 3.74. The topological polar surface area (TPSA) is 145 Å². The van der Waals surface area contributed by atoms with Gasteiger partial charge in [0.05, 0.1) is 11.3 Å². The third-order valence-electron chi connectivity index (χ3n) is 5.46. The third-order valence-corrected chi connectivity index (χ3v) is 5.67. The molecule has 12 heteroatoms. The van der Waals surface area contributed by atoms with Gasteiger partial charge in [0, 0.05) is 29.0 Å². The monoisotopic (exact) mass is 499 g/mol. The highest BCUT2D eigenvalue weighted by Gasteiger charge is 2.47. The SMILES string of the molecule is [2H]C([2H])([2H])NC(=O)[C@H]1O[C@@H](n2cnc3c(OCc4ccccc4)nc(-c4cncc(Cl)c4)nc32)[C@H](O)[C@@H]1O. The molecule has 3 N–H and O–H groups in total. The Hall–Kier alpha value is -3.64. The molecule has 0 unspecified atom stereocenters. The van der Waals surface area contributed by atoms with Crippen LogP contribution in [0.4, 0.5) is 0 Å². The number of imidazole rings is 1. The largest absolute Gasteiger partial charge is 0.471 e. The minimum Gasteiger partial charge on any atom is -0.471 e. The van der Waals surface area contributed by atoms with Crippen molar-refractivity contribution in [2.45, 2.75) is 31.1 Å². The molecule has 1 aliphatic rings. The van der Waals surface area contributed by atoms with Crippen molar-refractivity contribution in [3.63, 3.8) is 0 Å². The molecule has 180 valence electrons. The molecule has 0 saturated carbocycles. The summed E-state index contributed by atoms with van der Waals surface area (Å²) in [6.07, 6.45) is -2.06. The lowest BCUT2D eigenvalue weighted by Gasteiger charge is -2.17. The molecule has 1 aromatic carbocycles. The van der Waals surface area contributed by atoms with Crippen LogP contribution >= 0.6 is 11.6 Å². The van der Waals surface area contributed by atoms with Gasteiger partial charge < -0.3 is 25.0 Å². The molecular formula is C23H21ClN6O5. The zero-order valence-electron chi connectivity index (χ0n) is 20.9. The number of pyridine rings is 1. The maximum atomic E-state index is 12.4. The molecule has 35 heavy (non-hydrogen) atoms. The summed E-state index contributed by atoms with van der Waals surface area (Å²) in [6, 6.07) is 11.0. The Morgan fingerprint density at radius 1 is 1.26 bits per heavy atom. The lowest BCUT2D eigenvalue weighted by Crippen LogP contribution is -2.41. The number of nitrogens with one attached hydrogen (secondary N) is 1. The van der Waals surface area contributed by atoms with E-state index in [9.17, 15) is 15.0 Å². The number of likely N-dealkylation sites (N-methyl/N-ethyl adjacent to an activating group) is 1. The van der Waals surface area contributed by atoms with E-state index in [0.29, 0.717) is 10.6 Å². The van der Waals surface area contributed by atoms with Crippen molar-refractivity contribution < 1.29 is 28.6 Å². The van der Waals surface area contributed by atoms with Crippen LogP contribution in [0.25, 0.3) is 22.6 Å². The number of rotatable bonds is 6. The van der Waals surface area contributed by atoms with Crippen LogP contribution in [0.3, 0.4) is 0 Å². The van der Waals surface area contributed by atoms with E-state index in [0.717, 1.165) is 5.56 Å². The molecular weight excluding hydrogens is 476 g/mol. The number of nitrogens with zero attached hydrogens (tertiary/aromatic N) is 5. The van der Waals surface area contributed by atoms with E-state index in [1.54, 1.807) is 11.4 Å². The van der Waals surface area contributed by atoms with Crippen LogP contribution in [0.1, 0.15) is 15.9 Å². The molecule has 4 atom stereocenters. The van der Waals surface area contributed by atoms with Gasteiger partial charge in [0.25, 0.3) is 5.91 Å². The number of aromatic nitrogens is 5. The Morgan fingerprint density at radius 3 is 2.86 bits per heavy atom. The zero-order chi connectivity index (χ0) is 27.0. The Kier molecular flexibility index (Phi) is 5.36. The number of fused-ring (bicyclic) bond motifs is 1. The molecule has 1 amide bonds. The molecule has 4 aromatic rings. The number of benzene rings is 1. The van der Waals surface area contributed by atoms with Gasteiger partial charge in [-0.1, -0.05) is 41.9 Å². The number of aliphatic hydroxyl groups excluding tert-OH is 2. The van der Waals surface area contributed by atoms with Crippen LogP contribution in [0.2, 0.25) is 5.02 Å². The first-order valence-electron chi connectivity index (χ1n) is 12.0. The van der Waals surface area contributed by atoms with E-state index in [2.05, 4.69) is 19.9 Å². The summed E-state index contributed by atoms with van der Waals surface area (Å²) < 4.78 is 34.6. The smallest absolute Gasteiger partial charge is 0.251 e. The number of halogens is 1. The van der Waals surface area contributed by atoms with Gasteiger partial charge in [-0.2, -0.15) is 4.98 Å². The molecule has 0 radical (unpaired) electrons. The fourth-order valence-corrected chi connectivity index (χ4v) is 3.92. The lowest BCUT2D eigenvalue weighted by atomic mass is 10.1. The van der Waals surface area contributed by atoms with Gasteiger partial charge in [-0.3, -0.25) is 14.3 Å². The number of amides is 1. The molecule has 0 aliphatic carbocycles. The van der Waals surface area contributed by atoms with Crippen molar-refractivity contribution in [2.75, 3.05) is 6.98 Å². The summed E-state index contributed by atoms with van der Waals surface area (Å²) in [6.45, 7) is -2.63. The maximum Gasteiger partial charge on any atom is 0.251 e. The number of carbonyl (C=O) groups is 1. The Morgan fingerprint density at radius 2 is 2.09 bits per heavy atom. The highest BCUT2D eigenvalue weighted by atomic mass is 35.5. The maximum absolute atomic E-state index is 12.4. The predicted octanol–water partition coefficient (Wildman–Crippen LogP) is 1.49. The quantitative estimate of drug-likeness (QED) is 0.359. The number of hydrogen-bond acceptors (Lipinski definition) is 9. The molecule has 0 bridgehead atoms. The van der Waals surface area contributed by atoms with Crippen LogP contribution in [0.5, 0.6) is 5.88 Å². The summed E-state index contributed by atoms with van der Waals surface area (Å²) in [5.74, 6) is -0.796. The molecule has 1 aliphatic heterocycles. The van der Waals surface area contributed by atoms with Gasteiger partial charge in [-0.05, 0) is 11.6 Å². The lowest BCUT2D eigenvalue weighted by molar-refractivity contribution is -0.137. The van der Waals surface area contributed by atoms with E-state index in [-0.39, 0.29) is 29.5 Å². The Bertz CT molecular complexity index is 1470. The van der Waals surface area contributed by atoms with Gasteiger partial charge in [0.1, 0.15) is 18.8 Å². The van der Waals surface area contributed by atoms with Crippen molar-refractivity contribution in [1.82, 2.24) is 29.8 Å². The number of aliphatic hydroxyl groups is 2. The second kappa shape index (κ2) is 9.55. The number of hydrogen-bond donors (Lipinski definition) is 3. The first-order chi connectivity index (χ1) is 18.1. The summed E-state index contributed by atoms with van der Waals surface area (Å²) in [7, 11) is 0. The van der Waals surface area contributed by atoms with Crippen molar-refractivity contribution >= 4 is 28.7 Å². The Labute approximate surface area is 208 Å². The van der Waals surface area contributed by atoms with E-state index in [1.807, 2.05) is 30.3 Å². The molecule has 5 rings (SSSR count). The molecule has 1 saturated heterocycles. The minimum atomic E-state index is -2.80. The summed E-state index contributed by atoms with van der Waals surface area (Å²) in [5.41, 5.74) is 1.73. The fraction of sp³-hybridized carbons (Fsp3) is 0.261. The molecule has 4 heterocycles. The average molecular weight is 500 g/mol. The van der Waals surface area contributed by atoms with Gasteiger partial charge >= 0.3 is 0 Å². The van der Waals surface area contributed by atoms with Crippen LogP contribution in [0.15, 0.2) is 55.1 Å². The van der Waals surface area contributed by atoms with E-state index >= 15 is 0 Å². The highest BCUT2D eigenvalue weighted by molar-refractivity contribution is 6.30. The van der Waals surface area contributed by atoms with Gasteiger partial charge in [0.2, 0.25) is 5.88 Å². The standard InChI is InChI=1S/C23H21ClN6O5/c1-25-21(33)18-16(31)17(32)23(35-18)30-11-27-15-20(30)28-19(13-7-14(24)9-26-8-13)29-22(15)34-10-12-5-3-2-4-6-12/h2-9,11,16-18,23,31-32H,10H2,1H3,(H,25,33)/t16-,17+,18-,23+/m0/s1/i1D3. The van der Waals surface area contributed by atoms with Crippen molar-refractivity contribution in [1.29, 1.82) is 0 Å². The van der Waals surface area contributed by atoms with Crippen molar-refractivity contribution in [3.8, 4) is 17.3 Å². The second-order valence-electron chi connectivity index (χ2n) is 7.76. The normalized spacial score (nSPS) is 23.5. The summed E-state index contributed by atoms with van der Waals surface area (Å²) in [5, 5.41) is 23.3. The minimum absolute atomic E-state index is 0.123. The molecule has 11 nitrogen and oxygen atoms in total. The predicted molar refractivity (Wildman–Crippen MR) is 124 cm³/mol. The Balaban J connectivity index is 1.54. The second-order valence-corrected chi connectivity index (χ2v) is 8.20. The first kappa shape index (κ1) is 19.6. The summed E-state index contributed by atoms with van der Waals surface area (Å²) >= 11 is 6.11. The average Bonchev–Trinajstić information content (AvgIpc) is 3.43. The van der Waals surface area contributed by atoms with Crippen molar-refractivity contribution in [2.24, 2.45) is 0 Å². The van der Waals surface area contributed by atoms with Crippen LogP contribution in [0, 0.1) is 0 Å².